The summed E-state index contributed by atoms with van der Waals surface area (Å²) in [6.45, 7) is 5.23. The second kappa shape index (κ2) is 12.3. The maximum absolute atomic E-state index is 13.0. The van der Waals surface area contributed by atoms with Crippen LogP contribution in [0.25, 0.3) is 10.9 Å². The lowest BCUT2D eigenvalue weighted by atomic mass is 9.99. The molecule has 11 heteroatoms. The predicted octanol–water partition coefficient (Wildman–Crippen LogP) is 1.93. The molecule has 3 heterocycles. The summed E-state index contributed by atoms with van der Waals surface area (Å²) in [7, 11) is 6.73. The minimum atomic E-state index is -0.306. The van der Waals surface area contributed by atoms with Crippen molar-refractivity contribution in [1.29, 1.82) is 0 Å². The fraction of sp³-hybridized carbons (Fsp3) is 0.448. The fourth-order valence-corrected chi connectivity index (χ4v) is 5.58. The molecule has 1 saturated heterocycles. The highest BCUT2D eigenvalue weighted by Crippen LogP contribution is 2.31. The van der Waals surface area contributed by atoms with Gasteiger partial charge in [0.15, 0.2) is 19.5 Å². The molecule has 0 bridgehead atoms. The number of rotatable bonds is 9. The van der Waals surface area contributed by atoms with Crippen LogP contribution in [0.4, 0.5) is 0 Å². The number of nitrogens with zero attached hydrogens (tertiary/aromatic N) is 4. The molecule has 0 atom stereocenters. The second-order valence-electron chi connectivity index (χ2n) is 10.4. The molecule has 0 aliphatic carbocycles. The van der Waals surface area contributed by atoms with Crippen LogP contribution in [-0.2, 0) is 17.9 Å². The average molecular weight is 548 g/mol. The van der Waals surface area contributed by atoms with Gasteiger partial charge in [0.25, 0.3) is 11.5 Å². The first-order chi connectivity index (χ1) is 19.4. The molecule has 0 saturated carbocycles. The van der Waals surface area contributed by atoms with Gasteiger partial charge in [-0.1, -0.05) is 6.07 Å². The number of hydrogen-bond acceptors (Lipinski definition) is 8. The zero-order valence-corrected chi connectivity index (χ0v) is 23.7. The molecule has 1 fully saturated rings. The first kappa shape index (κ1) is 28.0. The van der Waals surface area contributed by atoms with E-state index in [0.29, 0.717) is 48.0 Å². The Labute approximate surface area is 235 Å². The number of methoxy groups -OCH3 is 1. The van der Waals surface area contributed by atoms with Gasteiger partial charge in [0.05, 0.1) is 25.3 Å². The van der Waals surface area contributed by atoms with Crippen molar-refractivity contribution in [2.45, 2.75) is 32.0 Å². The van der Waals surface area contributed by atoms with E-state index in [9.17, 15) is 9.59 Å². The highest BCUT2D eigenvalue weighted by Gasteiger charge is 2.24. The number of carbonyl (C=O) groups is 1. The van der Waals surface area contributed by atoms with Crippen LogP contribution in [0.1, 0.15) is 28.8 Å². The number of piperidine rings is 1. The number of fused-ring (bicyclic) bond motifs is 2. The van der Waals surface area contributed by atoms with Crippen LogP contribution in [0.15, 0.2) is 47.3 Å². The fourth-order valence-electron chi connectivity index (χ4n) is 5.58. The SMILES string of the molecule is BN(Cc1ccc2c(c1)OCCO2)C1CCN(CCn2c(=O)ccc3c(C(=O)N(C)OC)cc(OC)cc32)CC1. The number of ether oxygens (including phenoxy) is 3. The Morgan fingerprint density at radius 3 is 2.50 bits per heavy atom. The lowest BCUT2D eigenvalue weighted by Gasteiger charge is -2.37. The minimum absolute atomic E-state index is 0.103. The van der Waals surface area contributed by atoms with E-state index in [4.69, 9.17) is 19.0 Å². The summed E-state index contributed by atoms with van der Waals surface area (Å²) in [5.41, 5.74) is 2.21. The summed E-state index contributed by atoms with van der Waals surface area (Å²) in [5.74, 6) is 1.86. The average Bonchev–Trinajstić information content (AvgIpc) is 2.99. The Kier molecular flexibility index (Phi) is 8.63. The summed E-state index contributed by atoms with van der Waals surface area (Å²) in [5, 5.41) is 1.85. The summed E-state index contributed by atoms with van der Waals surface area (Å²) in [4.78, 5) is 35.8. The quantitative estimate of drug-likeness (QED) is 0.296. The number of hydrogen-bond donors (Lipinski definition) is 0. The maximum Gasteiger partial charge on any atom is 0.277 e. The van der Waals surface area contributed by atoms with E-state index in [1.54, 1.807) is 30.9 Å². The van der Waals surface area contributed by atoms with Crippen molar-refractivity contribution in [1.82, 2.24) is 19.3 Å². The number of likely N-dealkylation sites (tertiary alicyclic amines) is 1. The molecule has 10 nitrogen and oxygen atoms in total. The number of pyridine rings is 1. The van der Waals surface area contributed by atoms with E-state index in [-0.39, 0.29) is 11.5 Å². The van der Waals surface area contributed by atoms with Gasteiger partial charge in [0.2, 0.25) is 0 Å². The molecule has 3 aromatic rings. The molecule has 1 aromatic heterocycles. The lowest BCUT2D eigenvalue weighted by molar-refractivity contribution is -0.0755. The standard InChI is InChI=1S/C29H37BN4O6/c1-31(38-3)29(36)24-17-22(37-2)18-25-23(24)5-7-28(35)33(25)13-12-32-10-8-21(9-11-32)34(30)19-20-4-6-26-27(16-20)40-15-14-39-26/h4-7,16-18,21H,8-15,19,30H2,1-3H3. The van der Waals surface area contributed by atoms with Crippen molar-refractivity contribution in [2.75, 3.05) is 54.1 Å². The van der Waals surface area contributed by atoms with Crippen LogP contribution in [0, 0.1) is 0 Å². The second-order valence-corrected chi connectivity index (χ2v) is 10.4. The first-order valence-electron chi connectivity index (χ1n) is 13.7. The summed E-state index contributed by atoms with van der Waals surface area (Å²) in [6, 6.07) is 13.4. The molecule has 2 aromatic carbocycles. The first-order valence-corrected chi connectivity index (χ1v) is 13.7. The van der Waals surface area contributed by atoms with Gasteiger partial charge in [-0.25, -0.2) is 5.06 Å². The van der Waals surface area contributed by atoms with Gasteiger partial charge in [0, 0.05) is 50.2 Å². The molecular weight excluding hydrogens is 511 g/mol. The van der Waals surface area contributed by atoms with Gasteiger partial charge in [-0.15, -0.1) is 0 Å². The van der Waals surface area contributed by atoms with Crippen molar-refractivity contribution < 1.29 is 23.8 Å². The van der Waals surface area contributed by atoms with Gasteiger partial charge in [-0.3, -0.25) is 14.4 Å². The number of amides is 1. The van der Waals surface area contributed by atoms with Crippen molar-refractivity contribution >= 4 is 24.8 Å². The Morgan fingerprint density at radius 2 is 1.77 bits per heavy atom. The molecule has 1 amide bonds. The molecule has 40 heavy (non-hydrogen) atoms. The van der Waals surface area contributed by atoms with Crippen LogP contribution >= 0.6 is 0 Å². The normalized spacial score (nSPS) is 15.9. The highest BCUT2D eigenvalue weighted by molar-refractivity contribution is 6.06. The van der Waals surface area contributed by atoms with E-state index in [1.807, 2.05) is 12.1 Å². The van der Waals surface area contributed by atoms with E-state index in [2.05, 4.69) is 29.8 Å². The van der Waals surface area contributed by atoms with Crippen molar-refractivity contribution in [3.63, 3.8) is 0 Å². The highest BCUT2D eigenvalue weighted by atomic mass is 16.7. The molecule has 212 valence electrons. The molecule has 2 aliphatic heterocycles. The molecule has 5 rings (SSSR count). The molecule has 0 N–H and O–H groups in total. The van der Waals surface area contributed by atoms with Gasteiger partial charge >= 0.3 is 0 Å². The molecule has 0 spiro atoms. The number of benzene rings is 2. The third kappa shape index (κ3) is 5.96. The van der Waals surface area contributed by atoms with Crippen LogP contribution in [0.2, 0.25) is 0 Å². The Hall–Kier alpha value is -3.54. The maximum atomic E-state index is 13.0. The van der Waals surface area contributed by atoms with Gasteiger partial charge < -0.3 is 28.5 Å². The van der Waals surface area contributed by atoms with Gasteiger partial charge in [0.1, 0.15) is 19.0 Å². The van der Waals surface area contributed by atoms with Crippen LogP contribution in [-0.4, -0.2) is 93.4 Å². The third-order valence-corrected chi connectivity index (χ3v) is 7.97. The largest absolute Gasteiger partial charge is 0.497 e. The zero-order valence-electron chi connectivity index (χ0n) is 23.7. The number of aromatic nitrogens is 1. The Bertz CT molecular complexity index is 1420. The predicted molar refractivity (Wildman–Crippen MR) is 155 cm³/mol. The van der Waals surface area contributed by atoms with E-state index in [0.717, 1.165) is 50.5 Å². The van der Waals surface area contributed by atoms with Crippen LogP contribution in [0.5, 0.6) is 17.2 Å². The van der Waals surface area contributed by atoms with E-state index >= 15 is 0 Å². The van der Waals surface area contributed by atoms with Crippen molar-refractivity contribution in [2.24, 2.45) is 0 Å². The van der Waals surface area contributed by atoms with E-state index in [1.165, 1.54) is 23.8 Å². The molecular formula is C29H37BN4O6. The van der Waals surface area contributed by atoms with Crippen molar-refractivity contribution in [3.8, 4) is 17.2 Å². The Morgan fingerprint density at radius 1 is 1.02 bits per heavy atom. The lowest BCUT2D eigenvalue weighted by Crippen LogP contribution is -2.44. The van der Waals surface area contributed by atoms with Crippen molar-refractivity contribution in [3.05, 3.63) is 63.9 Å². The van der Waals surface area contributed by atoms with Crippen LogP contribution < -0.4 is 19.8 Å². The summed E-state index contributed by atoms with van der Waals surface area (Å²) >= 11 is 0. The number of carbonyl (C=O) groups excluding carboxylic acids is 1. The molecule has 0 radical (unpaired) electrons. The van der Waals surface area contributed by atoms with Crippen LogP contribution in [0.3, 0.4) is 0 Å². The zero-order chi connectivity index (χ0) is 28.2. The van der Waals surface area contributed by atoms with E-state index < -0.39 is 0 Å². The molecule has 2 aliphatic rings. The topological polar surface area (TPSA) is 85.7 Å². The minimum Gasteiger partial charge on any atom is -0.497 e. The third-order valence-electron chi connectivity index (χ3n) is 7.97. The van der Waals surface area contributed by atoms with Gasteiger partial charge in [-0.2, -0.15) is 0 Å². The van der Waals surface area contributed by atoms with Gasteiger partial charge in [-0.05, 0) is 55.8 Å². The smallest absolute Gasteiger partial charge is 0.277 e. The summed E-state index contributed by atoms with van der Waals surface area (Å²) in [6.07, 6.45) is 2.11. The number of hydroxylamine groups is 2. The monoisotopic (exact) mass is 548 g/mol. The Balaban J connectivity index is 1.23. The summed E-state index contributed by atoms with van der Waals surface area (Å²) < 4.78 is 18.6. The molecule has 0 unspecified atom stereocenters.